The molecule has 0 aliphatic carbocycles. The van der Waals surface area contributed by atoms with Crippen molar-refractivity contribution in [2.75, 3.05) is 27.4 Å². The van der Waals surface area contributed by atoms with Gasteiger partial charge in [0.1, 0.15) is 0 Å². The van der Waals surface area contributed by atoms with Gasteiger partial charge in [0, 0.05) is 18.5 Å². The Morgan fingerprint density at radius 3 is 2.29 bits per heavy atom. The minimum atomic E-state index is -0.597. The van der Waals surface area contributed by atoms with Crippen molar-refractivity contribution in [2.24, 2.45) is 5.10 Å². The summed E-state index contributed by atoms with van der Waals surface area (Å²) in [6.07, 6.45) is 1.49. The van der Waals surface area contributed by atoms with Crippen LogP contribution in [0.4, 0.5) is 0 Å². The molecule has 3 aromatic carbocycles. The van der Waals surface area contributed by atoms with Crippen LogP contribution in [0.25, 0.3) is 0 Å². The van der Waals surface area contributed by atoms with Crippen molar-refractivity contribution < 1.29 is 33.3 Å². The second-order valence-corrected chi connectivity index (χ2v) is 7.76. The van der Waals surface area contributed by atoms with Gasteiger partial charge in [-0.2, -0.15) is 5.10 Å². The van der Waals surface area contributed by atoms with E-state index in [9.17, 15) is 14.4 Å². The zero-order valence-electron chi connectivity index (χ0n) is 21.4. The van der Waals surface area contributed by atoms with Crippen LogP contribution in [0.5, 0.6) is 23.0 Å². The van der Waals surface area contributed by atoms with E-state index in [1.807, 2.05) is 6.07 Å². The fourth-order valence-corrected chi connectivity index (χ4v) is 3.30. The Bertz CT molecular complexity index is 1290. The van der Waals surface area contributed by atoms with E-state index in [4.69, 9.17) is 18.9 Å². The van der Waals surface area contributed by atoms with Crippen LogP contribution in [0.1, 0.15) is 39.6 Å². The van der Waals surface area contributed by atoms with E-state index in [0.717, 1.165) is 0 Å². The molecule has 0 heterocycles. The molecule has 0 saturated carbocycles. The summed E-state index contributed by atoms with van der Waals surface area (Å²) in [5, 5.41) is 6.63. The largest absolute Gasteiger partial charge is 0.493 e. The highest BCUT2D eigenvalue weighted by molar-refractivity contribution is 5.94. The fraction of sp³-hybridized carbons (Fsp3) is 0.214. The number of esters is 1. The molecule has 0 aromatic heterocycles. The van der Waals surface area contributed by atoms with Crippen molar-refractivity contribution in [3.8, 4) is 23.0 Å². The Morgan fingerprint density at radius 2 is 1.58 bits per heavy atom. The third-order valence-electron chi connectivity index (χ3n) is 5.17. The molecule has 3 aromatic rings. The molecule has 0 atom stereocenters. The summed E-state index contributed by atoms with van der Waals surface area (Å²) in [5.41, 5.74) is 3.82. The van der Waals surface area contributed by atoms with Gasteiger partial charge in [0.25, 0.3) is 5.91 Å². The number of benzene rings is 3. The number of amides is 2. The first-order chi connectivity index (χ1) is 18.4. The van der Waals surface area contributed by atoms with E-state index in [-0.39, 0.29) is 36.1 Å². The maximum absolute atomic E-state index is 12.7. The molecule has 198 valence electrons. The number of nitrogens with zero attached hydrogens (tertiary/aromatic N) is 1. The average Bonchev–Trinajstić information content (AvgIpc) is 2.94. The van der Waals surface area contributed by atoms with Crippen molar-refractivity contribution in [1.29, 1.82) is 0 Å². The highest BCUT2D eigenvalue weighted by atomic mass is 16.6. The normalized spacial score (nSPS) is 10.5. The third kappa shape index (κ3) is 7.82. The Morgan fingerprint density at radius 1 is 0.842 bits per heavy atom. The Balaban J connectivity index is 1.56. The van der Waals surface area contributed by atoms with Gasteiger partial charge in [-0.25, -0.2) is 10.2 Å². The van der Waals surface area contributed by atoms with Gasteiger partial charge in [0.15, 0.2) is 23.0 Å². The number of methoxy groups -OCH3 is 2. The van der Waals surface area contributed by atoms with Crippen LogP contribution in [0, 0.1) is 0 Å². The predicted molar refractivity (Wildman–Crippen MR) is 141 cm³/mol. The van der Waals surface area contributed by atoms with Crippen LogP contribution in [-0.2, 0) is 4.79 Å². The third-order valence-corrected chi connectivity index (χ3v) is 5.17. The predicted octanol–water partition coefficient (Wildman–Crippen LogP) is 3.59. The van der Waals surface area contributed by atoms with Crippen LogP contribution in [0.2, 0.25) is 0 Å². The molecule has 38 heavy (non-hydrogen) atoms. The van der Waals surface area contributed by atoms with Crippen LogP contribution >= 0.6 is 0 Å². The molecule has 10 nitrogen and oxygen atoms in total. The molecule has 0 unspecified atom stereocenters. The van der Waals surface area contributed by atoms with Gasteiger partial charge in [0.05, 0.1) is 32.6 Å². The van der Waals surface area contributed by atoms with Gasteiger partial charge in [-0.3, -0.25) is 9.59 Å². The lowest BCUT2D eigenvalue weighted by Gasteiger charge is -2.12. The van der Waals surface area contributed by atoms with E-state index >= 15 is 0 Å². The first kappa shape index (κ1) is 27.7. The monoisotopic (exact) mass is 519 g/mol. The second-order valence-electron chi connectivity index (χ2n) is 7.76. The average molecular weight is 520 g/mol. The lowest BCUT2D eigenvalue weighted by molar-refractivity contribution is -0.120. The number of carbonyl (C=O) groups excluding carboxylic acids is 3. The summed E-state index contributed by atoms with van der Waals surface area (Å²) in [7, 11) is 2.99. The number of nitrogens with one attached hydrogen (secondary N) is 2. The molecule has 2 amide bonds. The molecule has 10 heteroatoms. The SMILES string of the molecule is CCOc1cc(/C=N\NC(=O)CCNC(=O)c2ccccc2)ccc1OC(=O)c1ccc(OC)c(OC)c1. The number of hydrogen-bond donors (Lipinski definition) is 2. The Hall–Kier alpha value is -4.86. The fourth-order valence-electron chi connectivity index (χ4n) is 3.30. The number of hydrazone groups is 1. The van der Waals surface area contributed by atoms with Crippen molar-refractivity contribution >= 4 is 24.0 Å². The van der Waals surface area contributed by atoms with Crippen LogP contribution in [-0.4, -0.2) is 51.4 Å². The van der Waals surface area contributed by atoms with Crippen molar-refractivity contribution in [1.82, 2.24) is 10.7 Å². The van der Waals surface area contributed by atoms with Crippen LogP contribution < -0.4 is 29.7 Å². The van der Waals surface area contributed by atoms with Crippen LogP contribution in [0.3, 0.4) is 0 Å². The molecule has 3 rings (SSSR count). The van der Waals surface area contributed by atoms with Gasteiger partial charge < -0.3 is 24.3 Å². The molecule has 0 aliphatic heterocycles. The first-order valence-corrected chi connectivity index (χ1v) is 11.8. The lowest BCUT2D eigenvalue weighted by Crippen LogP contribution is -2.28. The van der Waals surface area contributed by atoms with Gasteiger partial charge in [-0.1, -0.05) is 18.2 Å². The minimum absolute atomic E-state index is 0.0607. The maximum Gasteiger partial charge on any atom is 0.343 e. The molecule has 0 saturated heterocycles. The lowest BCUT2D eigenvalue weighted by atomic mass is 10.2. The highest BCUT2D eigenvalue weighted by Gasteiger charge is 2.16. The van der Waals surface area contributed by atoms with Crippen LogP contribution in [0.15, 0.2) is 71.8 Å². The quantitative estimate of drug-likeness (QED) is 0.162. The van der Waals surface area contributed by atoms with E-state index < -0.39 is 5.97 Å². The smallest absolute Gasteiger partial charge is 0.343 e. The van der Waals surface area contributed by atoms with Crippen molar-refractivity contribution in [3.63, 3.8) is 0 Å². The number of ether oxygens (including phenoxy) is 4. The maximum atomic E-state index is 12.7. The number of hydrogen-bond acceptors (Lipinski definition) is 8. The zero-order valence-corrected chi connectivity index (χ0v) is 21.4. The van der Waals surface area contributed by atoms with E-state index in [0.29, 0.717) is 35.0 Å². The molecule has 0 spiro atoms. The van der Waals surface area contributed by atoms with E-state index in [2.05, 4.69) is 15.8 Å². The summed E-state index contributed by atoms with van der Waals surface area (Å²) in [5.74, 6) is 0.241. The summed E-state index contributed by atoms with van der Waals surface area (Å²) >= 11 is 0. The van der Waals surface area contributed by atoms with Crippen molar-refractivity contribution in [3.05, 3.63) is 83.4 Å². The van der Waals surface area contributed by atoms with Crippen molar-refractivity contribution in [2.45, 2.75) is 13.3 Å². The summed E-state index contributed by atoms with van der Waals surface area (Å²) in [4.78, 5) is 36.8. The number of rotatable bonds is 12. The highest BCUT2D eigenvalue weighted by Crippen LogP contribution is 2.31. The molecule has 2 N–H and O–H groups in total. The van der Waals surface area contributed by atoms with Gasteiger partial charge in [-0.05, 0) is 61.0 Å². The summed E-state index contributed by atoms with van der Waals surface area (Å²) in [6, 6.07) is 18.3. The number of carbonyl (C=O) groups is 3. The summed E-state index contributed by atoms with van der Waals surface area (Å²) in [6.45, 7) is 2.31. The molecule has 0 bridgehead atoms. The molecule has 0 fully saturated rings. The minimum Gasteiger partial charge on any atom is -0.493 e. The van der Waals surface area contributed by atoms with Gasteiger partial charge in [-0.15, -0.1) is 0 Å². The Labute approximate surface area is 220 Å². The second kappa shape index (κ2) is 14.0. The molecular weight excluding hydrogens is 490 g/mol. The van der Waals surface area contributed by atoms with Gasteiger partial charge >= 0.3 is 5.97 Å². The summed E-state index contributed by atoms with van der Waals surface area (Å²) < 4.78 is 21.6. The van der Waals surface area contributed by atoms with Gasteiger partial charge in [0.2, 0.25) is 5.91 Å². The topological polar surface area (TPSA) is 125 Å². The zero-order chi connectivity index (χ0) is 27.3. The molecular formula is C28H29N3O7. The molecule has 0 aliphatic rings. The molecule has 0 radical (unpaired) electrons. The Kier molecular flexibility index (Phi) is 10.2. The van der Waals surface area contributed by atoms with E-state index in [1.165, 1.54) is 26.5 Å². The first-order valence-electron chi connectivity index (χ1n) is 11.8. The van der Waals surface area contributed by atoms with E-state index in [1.54, 1.807) is 61.5 Å². The standard InChI is InChI=1S/C28H29N3O7/c1-4-37-25-16-19(18-30-31-26(32)14-15-29-27(33)20-8-6-5-7-9-20)10-12-23(25)38-28(34)21-11-13-22(35-2)24(17-21)36-3/h5-13,16-18H,4,14-15H2,1-3H3,(H,29,33)(H,31,32)/b30-18-.